The molecule has 0 amide bonds. The molecule has 0 atom stereocenters. The average Bonchev–Trinajstić information content (AvgIpc) is 2.59. The molecule has 0 bridgehead atoms. The van der Waals surface area contributed by atoms with Crippen LogP contribution in [0.2, 0.25) is 0 Å². The Morgan fingerprint density at radius 1 is 1.04 bits per heavy atom. The number of carboxylic acids is 2. The molecule has 3 N–H and O–H groups in total. The lowest BCUT2D eigenvalue weighted by atomic mass is 10.1. The number of halogens is 1. The molecule has 8 nitrogen and oxygen atoms in total. The highest BCUT2D eigenvalue weighted by atomic mass is 19.1. The highest BCUT2D eigenvalue weighted by Crippen LogP contribution is 2.11. The number of aliphatic carboxylic acids is 2. The van der Waals surface area contributed by atoms with E-state index in [1.165, 1.54) is 24.3 Å². The largest absolute Gasteiger partial charge is 0.473 e. The summed E-state index contributed by atoms with van der Waals surface area (Å²) in [7, 11) is 0. The maximum absolute atomic E-state index is 13.0. The summed E-state index contributed by atoms with van der Waals surface area (Å²) in [4.78, 5) is 28.3. The Labute approximate surface area is 148 Å². The minimum absolute atomic E-state index is 0.0912. The fourth-order valence-corrected chi connectivity index (χ4v) is 1.89. The minimum atomic E-state index is -1.82. The highest BCUT2D eigenvalue weighted by molar-refractivity contribution is 6.27. The molecule has 0 radical (unpaired) electrons. The Balaban J connectivity index is 0.000000487. The van der Waals surface area contributed by atoms with Crippen LogP contribution in [0.5, 0.6) is 0 Å². The third kappa shape index (κ3) is 7.97. The molecule has 2 aromatic carbocycles. The number of carboxylic acid groups (broad SMARTS) is 2. The summed E-state index contributed by atoms with van der Waals surface area (Å²) in [6, 6.07) is 13.0. The number of hydrogen-bond donors (Lipinski definition) is 3. The van der Waals surface area contributed by atoms with E-state index in [-0.39, 0.29) is 11.5 Å². The van der Waals surface area contributed by atoms with Crippen molar-refractivity contribution in [3.8, 4) is 0 Å². The van der Waals surface area contributed by atoms with Gasteiger partial charge < -0.3 is 15.5 Å². The Kier molecular flexibility index (Phi) is 8.38. The molecular weight excluding hydrogens is 347 g/mol. The number of nitrogens with zero attached hydrogens (tertiary/aromatic N) is 1. The van der Waals surface area contributed by atoms with Gasteiger partial charge in [0.05, 0.1) is 4.92 Å². The lowest BCUT2D eigenvalue weighted by molar-refractivity contribution is -0.384. The van der Waals surface area contributed by atoms with Gasteiger partial charge in [-0.1, -0.05) is 24.3 Å². The first-order valence-electron chi connectivity index (χ1n) is 7.44. The molecule has 0 saturated heterocycles. The summed E-state index contributed by atoms with van der Waals surface area (Å²) in [5.41, 5.74) is 2.02. The molecule has 0 unspecified atom stereocenters. The van der Waals surface area contributed by atoms with Crippen molar-refractivity contribution in [2.45, 2.75) is 13.0 Å². The van der Waals surface area contributed by atoms with Crippen molar-refractivity contribution in [1.82, 2.24) is 5.32 Å². The molecule has 138 valence electrons. The normalized spacial score (nSPS) is 9.73. The molecule has 0 saturated carbocycles. The van der Waals surface area contributed by atoms with Gasteiger partial charge in [-0.3, -0.25) is 10.1 Å². The van der Waals surface area contributed by atoms with Gasteiger partial charge in [0.15, 0.2) is 0 Å². The van der Waals surface area contributed by atoms with E-state index in [0.717, 1.165) is 24.1 Å². The predicted molar refractivity (Wildman–Crippen MR) is 90.2 cm³/mol. The van der Waals surface area contributed by atoms with Crippen LogP contribution < -0.4 is 5.32 Å². The van der Waals surface area contributed by atoms with Crippen molar-refractivity contribution in [2.24, 2.45) is 0 Å². The molecule has 26 heavy (non-hydrogen) atoms. The minimum Gasteiger partial charge on any atom is -0.473 e. The average molecular weight is 364 g/mol. The predicted octanol–water partition coefficient (Wildman–Crippen LogP) is 2.22. The van der Waals surface area contributed by atoms with Crippen molar-refractivity contribution < 1.29 is 29.1 Å². The van der Waals surface area contributed by atoms with Crippen molar-refractivity contribution >= 4 is 17.6 Å². The van der Waals surface area contributed by atoms with Crippen LogP contribution in [0.25, 0.3) is 0 Å². The number of hydrogen-bond acceptors (Lipinski definition) is 5. The van der Waals surface area contributed by atoms with Gasteiger partial charge in [0.25, 0.3) is 5.69 Å². The molecule has 0 heterocycles. The molecule has 9 heteroatoms. The number of nitro benzene ring substituents is 1. The zero-order valence-electron chi connectivity index (χ0n) is 13.6. The first-order valence-corrected chi connectivity index (χ1v) is 7.44. The topological polar surface area (TPSA) is 130 Å². The molecule has 0 aliphatic rings. The molecule has 0 fully saturated rings. The monoisotopic (exact) mass is 364 g/mol. The summed E-state index contributed by atoms with van der Waals surface area (Å²) < 4.78 is 13.0. The fraction of sp³-hybridized carbons (Fsp3) is 0.176. The summed E-state index contributed by atoms with van der Waals surface area (Å²) in [5, 5.41) is 28.5. The molecule has 2 aromatic rings. The number of nitro groups is 1. The molecule has 0 spiro atoms. The van der Waals surface area contributed by atoms with E-state index < -0.39 is 16.9 Å². The van der Waals surface area contributed by atoms with Gasteiger partial charge in [0.1, 0.15) is 5.82 Å². The lowest BCUT2D eigenvalue weighted by Crippen LogP contribution is -2.16. The Morgan fingerprint density at radius 3 is 2.15 bits per heavy atom. The third-order valence-electron chi connectivity index (χ3n) is 3.14. The van der Waals surface area contributed by atoms with E-state index in [9.17, 15) is 14.5 Å². The van der Waals surface area contributed by atoms with Gasteiger partial charge in [-0.25, -0.2) is 14.0 Å². The quantitative estimate of drug-likeness (QED) is 0.310. The highest BCUT2D eigenvalue weighted by Gasteiger charge is 2.04. The van der Waals surface area contributed by atoms with Gasteiger partial charge in [0.2, 0.25) is 0 Å². The lowest BCUT2D eigenvalue weighted by Gasteiger charge is -2.05. The van der Waals surface area contributed by atoms with Crippen LogP contribution in [0.4, 0.5) is 10.1 Å². The van der Waals surface area contributed by atoms with Gasteiger partial charge in [0, 0.05) is 18.7 Å². The summed E-state index contributed by atoms with van der Waals surface area (Å²) in [6.07, 6.45) is 0.741. The summed E-state index contributed by atoms with van der Waals surface area (Å²) in [6.45, 7) is 1.35. The molecule has 0 aliphatic carbocycles. The van der Waals surface area contributed by atoms with Crippen LogP contribution in [-0.2, 0) is 22.6 Å². The summed E-state index contributed by atoms with van der Waals surface area (Å²) in [5.74, 6) is -3.87. The van der Waals surface area contributed by atoms with Crippen LogP contribution in [0.1, 0.15) is 11.1 Å². The van der Waals surface area contributed by atoms with E-state index >= 15 is 0 Å². The van der Waals surface area contributed by atoms with E-state index in [2.05, 4.69) is 5.32 Å². The SMILES string of the molecule is O=C(O)C(=O)O.O=[N+]([O-])c1ccc(CNCCc2cccc(F)c2)cc1. The van der Waals surface area contributed by atoms with Crippen molar-refractivity contribution in [3.05, 3.63) is 75.6 Å². The summed E-state index contributed by atoms with van der Waals surface area (Å²) >= 11 is 0. The number of carbonyl (C=O) groups is 2. The van der Waals surface area contributed by atoms with Crippen molar-refractivity contribution in [1.29, 1.82) is 0 Å². The van der Waals surface area contributed by atoms with Gasteiger partial charge in [-0.2, -0.15) is 0 Å². The van der Waals surface area contributed by atoms with E-state index in [1.54, 1.807) is 18.2 Å². The van der Waals surface area contributed by atoms with Crippen LogP contribution in [0.3, 0.4) is 0 Å². The van der Waals surface area contributed by atoms with Gasteiger partial charge >= 0.3 is 11.9 Å². The maximum atomic E-state index is 13.0. The van der Waals surface area contributed by atoms with Crippen LogP contribution >= 0.6 is 0 Å². The number of nitrogens with one attached hydrogen (secondary N) is 1. The third-order valence-corrected chi connectivity index (χ3v) is 3.14. The van der Waals surface area contributed by atoms with Gasteiger partial charge in [-0.05, 0) is 36.2 Å². The van der Waals surface area contributed by atoms with Crippen LogP contribution in [-0.4, -0.2) is 33.6 Å². The second kappa shape index (κ2) is 10.5. The fourth-order valence-electron chi connectivity index (χ4n) is 1.89. The van der Waals surface area contributed by atoms with E-state index in [1.807, 2.05) is 6.07 Å². The van der Waals surface area contributed by atoms with Crippen molar-refractivity contribution in [2.75, 3.05) is 6.54 Å². The van der Waals surface area contributed by atoms with Crippen LogP contribution in [0, 0.1) is 15.9 Å². The van der Waals surface area contributed by atoms with E-state index in [4.69, 9.17) is 19.8 Å². The molecule has 2 rings (SSSR count). The molecular formula is C17H17FN2O6. The second-order valence-corrected chi connectivity index (χ2v) is 5.09. The maximum Gasteiger partial charge on any atom is 0.414 e. The van der Waals surface area contributed by atoms with Crippen molar-refractivity contribution in [3.63, 3.8) is 0 Å². The van der Waals surface area contributed by atoms with E-state index in [0.29, 0.717) is 6.54 Å². The number of benzene rings is 2. The Bertz CT molecular complexity index is 752. The molecule has 0 aliphatic heterocycles. The first-order chi connectivity index (χ1) is 12.3. The smallest absolute Gasteiger partial charge is 0.414 e. The first kappa shape index (κ1) is 20.7. The molecule has 0 aromatic heterocycles. The second-order valence-electron chi connectivity index (χ2n) is 5.09. The zero-order valence-corrected chi connectivity index (χ0v) is 13.6. The Hall–Kier alpha value is -3.33. The van der Waals surface area contributed by atoms with Crippen LogP contribution in [0.15, 0.2) is 48.5 Å². The Morgan fingerprint density at radius 2 is 1.65 bits per heavy atom. The standard InChI is InChI=1S/C15H15FN2O2.C2H2O4/c16-14-3-1-2-12(10-14)8-9-17-11-13-4-6-15(7-5-13)18(19)20;3-1(4)2(5)6/h1-7,10,17H,8-9,11H2;(H,3,4)(H,5,6). The number of rotatable bonds is 6. The number of non-ortho nitro benzene ring substituents is 1. The van der Waals surface area contributed by atoms with Gasteiger partial charge in [-0.15, -0.1) is 0 Å². The zero-order chi connectivity index (χ0) is 19.5.